The lowest BCUT2D eigenvalue weighted by Gasteiger charge is -2.25. The van der Waals surface area contributed by atoms with Crippen LogP contribution in [0.25, 0.3) is 0 Å². The molecule has 7 heteroatoms. The van der Waals surface area contributed by atoms with Crippen LogP contribution in [0.3, 0.4) is 0 Å². The highest BCUT2D eigenvalue weighted by atomic mass is 16.6. The molecule has 7 nitrogen and oxygen atoms in total. The minimum Gasteiger partial charge on any atom is -0.480 e. The van der Waals surface area contributed by atoms with Crippen molar-refractivity contribution in [2.45, 2.75) is 25.5 Å². The van der Waals surface area contributed by atoms with Gasteiger partial charge in [-0.1, -0.05) is 6.07 Å². The second-order valence-corrected chi connectivity index (χ2v) is 4.78. The van der Waals surface area contributed by atoms with E-state index in [-0.39, 0.29) is 11.8 Å². The van der Waals surface area contributed by atoms with Crippen molar-refractivity contribution in [3.05, 3.63) is 33.9 Å². The molecule has 1 heterocycles. The highest BCUT2D eigenvalue weighted by Crippen LogP contribution is 2.33. The quantitative estimate of drug-likeness (QED) is 0.665. The van der Waals surface area contributed by atoms with Crippen LogP contribution in [0.5, 0.6) is 0 Å². The summed E-state index contributed by atoms with van der Waals surface area (Å²) in [5, 5.41) is 20.3. The lowest BCUT2D eigenvalue weighted by molar-refractivity contribution is -0.385. The first-order valence-electron chi connectivity index (χ1n) is 6.22. The zero-order valence-corrected chi connectivity index (χ0v) is 11.3. The van der Waals surface area contributed by atoms with Gasteiger partial charge in [0.1, 0.15) is 6.04 Å². The Balaban J connectivity index is 2.42. The number of benzene rings is 1. The van der Waals surface area contributed by atoms with Gasteiger partial charge in [-0.05, 0) is 13.0 Å². The zero-order valence-electron chi connectivity index (χ0n) is 11.3. The third-order valence-electron chi connectivity index (χ3n) is 3.66. The van der Waals surface area contributed by atoms with Crippen molar-refractivity contribution in [2.24, 2.45) is 0 Å². The van der Waals surface area contributed by atoms with E-state index in [1.54, 1.807) is 24.0 Å². The molecule has 1 saturated heterocycles. The highest BCUT2D eigenvalue weighted by Gasteiger charge is 2.38. The van der Waals surface area contributed by atoms with Crippen molar-refractivity contribution in [1.82, 2.24) is 0 Å². The smallest absolute Gasteiger partial charge is 0.326 e. The molecule has 1 fully saturated rings. The van der Waals surface area contributed by atoms with Gasteiger partial charge >= 0.3 is 5.97 Å². The Hall–Kier alpha value is -2.15. The molecule has 2 atom stereocenters. The SMILES string of the molecule is COC1CC(C(=O)O)N(c2cccc([N+](=O)[O-])c2C)C1. The molecule has 0 aliphatic carbocycles. The van der Waals surface area contributed by atoms with Crippen LogP contribution >= 0.6 is 0 Å². The number of nitro benzene ring substituents is 1. The number of carboxylic acid groups (broad SMARTS) is 1. The van der Waals surface area contributed by atoms with Gasteiger partial charge in [0.25, 0.3) is 5.69 Å². The Morgan fingerprint density at radius 3 is 2.80 bits per heavy atom. The van der Waals surface area contributed by atoms with E-state index in [2.05, 4.69) is 0 Å². The van der Waals surface area contributed by atoms with Gasteiger partial charge < -0.3 is 14.7 Å². The van der Waals surface area contributed by atoms with Crippen molar-refractivity contribution in [3.63, 3.8) is 0 Å². The predicted molar refractivity (Wildman–Crippen MR) is 72.0 cm³/mol. The van der Waals surface area contributed by atoms with E-state index in [1.807, 2.05) is 0 Å². The molecule has 2 rings (SSSR count). The Bertz CT molecular complexity index is 546. The van der Waals surface area contributed by atoms with Crippen LogP contribution in [-0.4, -0.2) is 41.8 Å². The molecule has 1 aromatic carbocycles. The van der Waals surface area contributed by atoms with Gasteiger partial charge in [-0.15, -0.1) is 0 Å². The van der Waals surface area contributed by atoms with E-state index in [1.165, 1.54) is 13.2 Å². The maximum absolute atomic E-state index is 11.3. The molecule has 0 saturated carbocycles. The molecule has 0 bridgehead atoms. The summed E-state index contributed by atoms with van der Waals surface area (Å²) in [6.07, 6.45) is 0.184. The fourth-order valence-electron chi connectivity index (χ4n) is 2.59. The molecular formula is C13H16N2O5. The van der Waals surface area contributed by atoms with Crippen LogP contribution in [0.2, 0.25) is 0 Å². The first kappa shape index (κ1) is 14.3. The van der Waals surface area contributed by atoms with Gasteiger partial charge in [0.2, 0.25) is 0 Å². The monoisotopic (exact) mass is 280 g/mol. The molecule has 1 aromatic rings. The molecule has 1 aliphatic heterocycles. The van der Waals surface area contributed by atoms with Gasteiger partial charge in [0.05, 0.1) is 16.6 Å². The number of carbonyl (C=O) groups is 1. The van der Waals surface area contributed by atoms with Crippen LogP contribution < -0.4 is 4.90 Å². The average Bonchev–Trinajstić information content (AvgIpc) is 2.82. The number of nitrogens with zero attached hydrogens (tertiary/aromatic N) is 2. The van der Waals surface area contributed by atoms with Crippen LogP contribution in [0, 0.1) is 17.0 Å². The zero-order chi connectivity index (χ0) is 14.9. The number of methoxy groups -OCH3 is 1. The average molecular weight is 280 g/mol. The number of hydrogen-bond donors (Lipinski definition) is 1. The molecular weight excluding hydrogens is 264 g/mol. The number of hydrogen-bond acceptors (Lipinski definition) is 5. The fraction of sp³-hybridized carbons (Fsp3) is 0.462. The number of anilines is 1. The van der Waals surface area contributed by atoms with Gasteiger partial charge in [0, 0.05) is 31.8 Å². The summed E-state index contributed by atoms with van der Waals surface area (Å²) in [5.41, 5.74) is 1.04. The summed E-state index contributed by atoms with van der Waals surface area (Å²) in [6, 6.07) is 3.97. The summed E-state index contributed by atoms with van der Waals surface area (Å²) >= 11 is 0. The van der Waals surface area contributed by atoms with Crippen molar-refractivity contribution in [1.29, 1.82) is 0 Å². The molecule has 20 heavy (non-hydrogen) atoms. The summed E-state index contributed by atoms with van der Waals surface area (Å²) in [5.74, 6) is -0.949. The second kappa shape index (κ2) is 5.46. The Kier molecular flexibility index (Phi) is 3.89. The third-order valence-corrected chi connectivity index (χ3v) is 3.66. The van der Waals surface area contributed by atoms with Crippen LogP contribution in [0.4, 0.5) is 11.4 Å². The maximum atomic E-state index is 11.3. The van der Waals surface area contributed by atoms with Crippen LogP contribution in [-0.2, 0) is 9.53 Å². The number of ether oxygens (including phenoxy) is 1. The number of aliphatic carboxylic acids is 1. The van der Waals surface area contributed by atoms with E-state index in [0.717, 1.165) is 0 Å². The minimum absolute atomic E-state index is 0.00694. The van der Waals surface area contributed by atoms with E-state index in [0.29, 0.717) is 24.2 Å². The summed E-state index contributed by atoms with van der Waals surface area (Å²) in [6.45, 7) is 2.04. The third kappa shape index (κ3) is 2.44. The number of nitro groups is 1. The predicted octanol–water partition coefficient (Wildman–Crippen LogP) is 1.58. The summed E-state index contributed by atoms with van der Waals surface area (Å²) in [7, 11) is 1.54. The Morgan fingerprint density at radius 2 is 2.25 bits per heavy atom. The lowest BCUT2D eigenvalue weighted by atomic mass is 10.1. The summed E-state index contributed by atoms with van der Waals surface area (Å²) < 4.78 is 5.22. The molecule has 0 radical (unpaired) electrons. The molecule has 1 N–H and O–H groups in total. The maximum Gasteiger partial charge on any atom is 0.326 e. The van der Waals surface area contributed by atoms with Crippen molar-refractivity contribution >= 4 is 17.3 Å². The Labute approximate surface area is 115 Å². The highest BCUT2D eigenvalue weighted by molar-refractivity contribution is 5.80. The van der Waals surface area contributed by atoms with Gasteiger partial charge in [-0.3, -0.25) is 10.1 Å². The number of rotatable bonds is 4. The largest absolute Gasteiger partial charge is 0.480 e. The summed E-state index contributed by atoms with van der Waals surface area (Å²) in [4.78, 5) is 23.5. The lowest BCUT2D eigenvalue weighted by Crippen LogP contribution is -2.36. The first-order chi connectivity index (χ1) is 9.45. The van der Waals surface area contributed by atoms with Gasteiger partial charge in [0.15, 0.2) is 0 Å². The van der Waals surface area contributed by atoms with Crippen molar-refractivity contribution < 1.29 is 19.6 Å². The van der Waals surface area contributed by atoms with E-state index in [4.69, 9.17) is 4.74 Å². The Morgan fingerprint density at radius 1 is 1.55 bits per heavy atom. The van der Waals surface area contributed by atoms with Crippen molar-refractivity contribution in [3.8, 4) is 0 Å². The molecule has 0 amide bonds. The van der Waals surface area contributed by atoms with E-state index < -0.39 is 16.9 Å². The molecule has 2 unspecified atom stereocenters. The standard InChI is InChI=1S/C13H16N2O5/c1-8-10(4-3-5-11(8)15(18)19)14-7-9(20-2)6-12(14)13(16)17/h3-5,9,12H,6-7H2,1-2H3,(H,16,17). The molecule has 1 aliphatic rings. The fourth-order valence-corrected chi connectivity index (χ4v) is 2.59. The number of carboxylic acids is 1. The first-order valence-corrected chi connectivity index (χ1v) is 6.22. The van der Waals surface area contributed by atoms with E-state index >= 15 is 0 Å². The molecule has 0 spiro atoms. The second-order valence-electron chi connectivity index (χ2n) is 4.78. The van der Waals surface area contributed by atoms with Gasteiger partial charge in [-0.25, -0.2) is 4.79 Å². The van der Waals surface area contributed by atoms with Crippen LogP contribution in [0.1, 0.15) is 12.0 Å². The van der Waals surface area contributed by atoms with Crippen molar-refractivity contribution in [2.75, 3.05) is 18.6 Å². The van der Waals surface area contributed by atoms with Crippen LogP contribution in [0.15, 0.2) is 18.2 Å². The van der Waals surface area contributed by atoms with E-state index in [9.17, 15) is 20.0 Å². The minimum atomic E-state index is -0.949. The topological polar surface area (TPSA) is 92.9 Å². The molecule has 0 aromatic heterocycles. The normalized spacial score (nSPS) is 22.0. The van der Waals surface area contributed by atoms with Gasteiger partial charge in [-0.2, -0.15) is 0 Å². The molecule has 108 valence electrons.